The number of nitrogens with two attached hydrogens (primary N) is 1. The van der Waals surface area contributed by atoms with Crippen LogP contribution in [0.5, 0.6) is 0 Å². The third-order valence-electron chi connectivity index (χ3n) is 2.69. The van der Waals surface area contributed by atoms with E-state index in [1.165, 1.54) is 12.1 Å². The van der Waals surface area contributed by atoms with Crippen molar-refractivity contribution in [3.05, 3.63) is 34.1 Å². The summed E-state index contributed by atoms with van der Waals surface area (Å²) in [5.41, 5.74) is 7.91. The highest BCUT2D eigenvalue weighted by molar-refractivity contribution is 7.99. The Morgan fingerprint density at radius 3 is 3.00 bits per heavy atom. The highest BCUT2D eigenvalue weighted by Crippen LogP contribution is 2.37. The minimum atomic E-state index is -0.297. The molecule has 0 bridgehead atoms. The van der Waals surface area contributed by atoms with E-state index in [1.54, 1.807) is 0 Å². The maximum atomic E-state index is 13.2. The van der Waals surface area contributed by atoms with Crippen molar-refractivity contribution in [2.24, 2.45) is 5.73 Å². The molecule has 0 amide bonds. The fourth-order valence-corrected chi connectivity index (χ4v) is 3.36. The Morgan fingerprint density at radius 1 is 1.53 bits per heavy atom. The van der Waals surface area contributed by atoms with E-state index >= 15 is 0 Å². The summed E-state index contributed by atoms with van der Waals surface area (Å²) >= 11 is 7.84. The van der Waals surface area contributed by atoms with Gasteiger partial charge in [-0.2, -0.15) is 11.8 Å². The zero-order valence-corrected chi connectivity index (χ0v) is 10.0. The number of halogens is 2. The highest BCUT2D eigenvalue weighted by Gasteiger charge is 2.22. The molecule has 0 saturated heterocycles. The monoisotopic (exact) mass is 245 g/mol. The van der Waals surface area contributed by atoms with Crippen LogP contribution in [0.4, 0.5) is 4.39 Å². The van der Waals surface area contributed by atoms with Crippen molar-refractivity contribution in [2.45, 2.75) is 30.4 Å². The van der Waals surface area contributed by atoms with Crippen LogP contribution in [0.1, 0.15) is 30.5 Å². The van der Waals surface area contributed by atoms with E-state index < -0.39 is 0 Å². The molecule has 0 aliphatic carbocycles. The molecule has 1 unspecified atom stereocenters. The Balaban J connectivity index is 2.48. The summed E-state index contributed by atoms with van der Waals surface area (Å²) in [4.78, 5) is 0. The van der Waals surface area contributed by atoms with Gasteiger partial charge in [0, 0.05) is 22.1 Å². The summed E-state index contributed by atoms with van der Waals surface area (Å²) in [6.45, 7) is 2.14. The molecule has 1 aliphatic heterocycles. The maximum Gasteiger partial charge on any atom is 0.125 e. The first-order valence-corrected chi connectivity index (χ1v) is 6.35. The van der Waals surface area contributed by atoms with Crippen LogP contribution in [0, 0.1) is 5.82 Å². The number of hydrogen-bond acceptors (Lipinski definition) is 2. The SMILES string of the molecule is CC1C[C@@H](N)c2cc(F)cc(Cl)c2CS1. The molecule has 15 heavy (non-hydrogen) atoms. The number of fused-ring (bicyclic) bond motifs is 1. The van der Waals surface area contributed by atoms with Crippen LogP contribution in [0.15, 0.2) is 12.1 Å². The Kier molecular flexibility index (Phi) is 3.24. The molecule has 82 valence electrons. The molecule has 0 fully saturated rings. The molecule has 0 aromatic heterocycles. The van der Waals surface area contributed by atoms with Crippen molar-refractivity contribution in [3.63, 3.8) is 0 Å². The van der Waals surface area contributed by atoms with Gasteiger partial charge >= 0.3 is 0 Å². The molecular weight excluding hydrogens is 233 g/mol. The van der Waals surface area contributed by atoms with Crippen LogP contribution in [0.25, 0.3) is 0 Å². The van der Waals surface area contributed by atoms with Gasteiger partial charge in [0.05, 0.1) is 0 Å². The molecular formula is C11H13ClFNS. The molecule has 0 spiro atoms. The van der Waals surface area contributed by atoms with Crippen LogP contribution in [0.2, 0.25) is 5.02 Å². The average Bonchev–Trinajstić information content (AvgIpc) is 2.27. The van der Waals surface area contributed by atoms with Crippen molar-refractivity contribution in [2.75, 3.05) is 0 Å². The van der Waals surface area contributed by atoms with Gasteiger partial charge in [0.2, 0.25) is 0 Å². The van der Waals surface area contributed by atoms with Crippen LogP contribution in [-0.4, -0.2) is 5.25 Å². The first-order chi connectivity index (χ1) is 7.08. The van der Waals surface area contributed by atoms with Gasteiger partial charge in [-0.05, 0) is 29.7 Å². The maximum absolute atomic E-state index is 13.2. The molecule has 0 saturated carbocycles. The van der Waals surface area contributed by atoms with E-state index in [0.717, 1.165) is 23.3 Å². The van der Waals surface area contributed by atoms with Gasteiger partial charge in [-0.1, -0.05) is 18.5 Å². The summed E-state index contributed by atoms with van der Waals surface area (Å²) in [6.07, 6.45) is 0.872. The first-order valence-electron chi connectivity index (χ1n) is 4.93. The number of thioether (sulfide) groups is 1. The average molecular weight is 246 g/mol. The molecule has 2 rings (SSSR count). The Hall–Kier alpha value is -0.250. The van der Waals surface area contributed by atoms with Crippen molar-refractivity contribution in [1.29, 1.82) is 0 Å². The lowest BCUT2D eigenvalue weighted by atomic mass is 9.98. The van der Waals surface area contributed by atoms with Gasteiger partial charge in [-0.15, -0.1) is 0 Å². The highest BCUT2D eigenvalue weighted by atomic mass is 35.5. The molecule has 0 radical (unpaired) electrons. The van der Waals surface area contributed by atoms with Gasteiger partial charge in [0.15, 0.2) is 0 Å². The number of hydrogen-bond donors (Lipinski definition) is 1. The summed E-state index contributed by atoms with van der Waals surface area (Å²) in [6, 6.07) is 2.78. The van der Waals surface area contributed by atoms with E-state index in [-0.39, 0.29) is 11.9 Å². The summed E-state index contributed by atoms with van der Waals surface area (Å²) in [5.74, 6) is 0.525. The smallest absolute Gasteiger partial charge is 0.125 e. The molecule has 1 aromatic carbocycles. The largest absolute Gasteiger partial charge is 0.324 e. The summed E-state index contributed by atoms with van der Waals surface area (Å²) in [5, 5.41) is 0.994. The minimum Gasteiger partial charge on any atom is -0.324 e. The predicted octanol–water partition coefficient (Wildman–Crippen LogP) is 3.50. The van der Waals surface area contributed by atoms with Gasteiger partial charge in [0.25, 0.3) is 0 Å². The first kappa shape index (κ1) is 11.2. The van der Waals surface area contributed by atoms with Crippen LogP contribution in [0.3, 0.4) is 0 Å². The van der Waals surface area contributed by atoms with E-state index in [2.05, 4.69) is 6.92 Å². The molecule has 1 heterocycles. The van der Waals surface area contributed by atoms with Gasteiger partial charge in [0.1, 0.15) is 5.82 Å². The summed E-state index contributed by atoms with van der Waals surface area (Å²) < 4.78 is 13.2. The second-order valence-corrected chi connectivity index (χ2v) is 5.75. The van der Waals surface area contributed by atoms with Gasteiger partial charge in [-0.3, -0.25) is 0 Å². The minimum absolute atomic E-state index is 0.0989. The molecule has 2 N–H and O–H groups in total. The van der Waals surface area contributed by atoms with E-state index in [1.807, 2.05) is 11.8 Å². The van der Waals surface area contributed by atoms with Crippen LogP contribution >= 0.6 is 23.4 Å². The Labute approximate surface area is 98.2 Å². The zero-order valence-electron chi connectivity index (χ0n) is 8.47. The lowest BCUT2D eigenvalue weighted by Crippen LogP contribution is -2.14. The molecule has 1 nitrogen and oxygen atoms in total. The quantitative estimate of drug-likeness (QED) is 0.757. The zero-order chi connectivity index (χ0) is 11.0. The van der Waals surface area contributed by atoms with E-state index in [0.29, 0.717) is 10.3 Å². The second kappa shape index (κ2) is 4.32. The van der Waals surface area contributed by atoms with Gasteiger partial charge < -0.3 is 5.73 Å². The number of benzene rings is 1. The van der Waals surface area contributed by atoms with E-state index in [9.17, 15) is 4.39 Å². The van der Waals surface area contributed by atoms with Crippen molar-refractivity contribution < 1.29 is 4.39 Å². The molecule has 2 atom stereocenters. The summed E-state index contributed by atoms with van der Waals surface area (Å²) in [7, 11) is 0. The topological polar surface area (TPSA) is 26.0 Å². The molecule has 1 aliphatic rings. The van der Waals surface area contributed by atoms with Crippen molar-refractivity contribution in [1.82, 2.24) is 0 Å². The van der Waals surface area contributed by atoms with E-state index in [4.69, 9.17) is 17.3 Å². The van der Waals surface area contributed by atoms with Crippen LogP contribution < -0.4 is 5.73 Å². The van der Waals surface area contributed by atoms with Crippen LogP contribution in [-0.2, 0) is 5.75 Å². The second-order valence-electron chi connectivity index (χ2n) is 3.92. The number of rotatable bonds is 0. The standard InChI is InChI=1S/C11H13ClFNS/c1-6-2-11(14)8-3-7(13)4-10(12)9(8)5-15-6/h3-4,6,11H,2,5,14H2,1H3/t6?,11-/m1/s1. The normalized spacial score (nSPS) is 25.9. The fraction of sp³-hybridized carbons (Fsp3) is 0.455. The Bertz CT molecular complexity index is 383. The third-order valence-corrected chi connectivity index (χ3v) is 4.25. The lowest BCUT2D eigenvalue weighted by Gasteiger charge is -2.14. The van der Waals surface area contributed by atoms with Gasteiger partial charge in [-0.25, -0.2) is 4.39 Å². The van der Waals surface area contributed by atoms with Crippen molar-refractivity contribution >= 4 is 23.4 Å². The molecule has 1 aromatic rings. The Morgan fingerprint density at radius 2 is 2.27 bits per heavy atom. The predicted molar refractivity (Wildman–Crippen MR) is 63.7 cm³/mol. The molecule has 4 heteroatoms. The fourth-order valence-electron chi connectivity index (χ4n) is 1.88. The lowest BCUT2D eigenvalue weighted by molar-refractivity contribution is 0.608. The third kappa shape index (κ3) is 2.30. The van der Waals surface area contributed by atoms with Crippen molar-refractivity contribution in [3.8, 4) is 0 Å².